The first kappa shape index (κ1) is 18.2. The predicted octanol–water partition coefficient (Wildman–Crippen LogP) is 4.58. The van der Waals surface area contributed by atoms with Crippen LogP contribution in [0.1, 0.15) is 42.7 Å². The first-order valence-corrected chi connectivity index (χ1v) is 9.54. The van der Waals surface area contributed by atoms with E-state index in [1.54, 1.807) is 11.6 Å². The summed E-state index contributed by atoms with van der Waals surface area (Å²) < 4.78 is 12.3. The van der Waals surface area contributed by atoms with Gasteiger partial charge in [-0.2, -0.15) is 0 Å². The zero-order chi connectivity index (χ0) is 18.5. The number of rotatable bonds is 7. The molecule has 1 aromatic heterocycles. The number of nitrogens with zero attached hydrogens (tertiary/aromatic N) is 1. The van der Waals surface area contributed by atoms with Crippen molar-refractivity contribution in [1.29, 1.82) is 0 Å². The van der Waals surface area contributed by atoms with E-state index in [1.807, 2.05) is 51.1 Å². The van der Waals surface area contributed by atoms with E-state index in [9.17, 15) is 4.79 Å². The van der Waals surface area contributed by atoms with Gasteiger partial charge in [-0.3, -0.25) is 4.79 Å². The monoisotopic (exact) mass is 370 g/mol. The molecule has 2 aromatic carbocycles. The maximum Gasteiger partial charge on any atom is 0.251 e. The zero-order valence-electron chi connectivity index (χ0n) is 15.1. The quantitative estimate of drug-likeness (QED) is 0.661. The Morgan fingerprint density at radius 2 is 1.88 bits per heavy atom. The van der Waals surface area contributed by atoms with E-state index in [0.717, 1.165) is 15.8 Å². The number of amides is 1. The van der Waals surface area contributed by atoms with Crippen molar-refractivity contribution in [3.05, 3.63) is 53.0 Å². The number of carbonyl (C=O) groups excluding carboxylic acids is 1. The predicted molar refractivity (Wildman–Crippen MR) is 104 cm³/mol. The van der Waals surface area contributed by atoms with Crippen molar-refractivity contribution in [3.8, 4) is 11.5 Å². The van der Waals surface area contributed by atoms with Crippen LogP contribution >= 0.6 is 11.3 Å². The molecule has 0 spiro atoms. The molecule has 1 atom stereocenters. The van der Waals surface area contributed by atoms with Gasteiger partial charge in [-0.25, -0.2) is 4.98 Å². The SMILES string of the molecule is CCOc1ccc(C(C)NC(=O)c2ccc3ncsc3c2)cc1OCC. The molecule has 0 radical (unpaired) electrons. The van der Waals surface area contributed by atoms with E-state index in [2.05, 4.69) is 10.3 Å². The fraction of sp³-hybridized carbons (Fsp3) is 0.300. The zero-order valence-corrected chi connectivity index (χ0v) is 15.9. The number of fused-ring (bicyclic) bond motifs is 1. The van der Waals surface area contributed by atoms with Gasteiger partial charge in [0.25, 0.3) is 5.91 Å². The Morgan fingerprint density at radius 3 is 2.65 bits per heavy atom. The van der Waals surface area contributed by atoms with Gasteiger partial charge in [-0.05, 0) is 56.7 Å². The van der Waals surface area contributed by atoms with Crippen molar-refractivity contribution < 1.29 is 14.3 Å². The molecule has 26 heavy (non-hydrogen) atoms. The average Bonchev–Trinajstić information content (AvgIpc) is 3.11. The van der Waals surface area contributed by atoms with Gasteiger partial charge in [0.2, 0.25) is 0 Å². The van der Waals surface area contributed by atoms with E-state index >= 15 is 0 Å². The van der Waals surface area contributed by atoms with Crippen LogP contribution in [-0.2, 0) is 0 Å². The molecule has 0 fully saturated rings. The molecule has 3 rings (SSSR count). The fourth-order valence-corrected chi connectivity index (χ4v) is 3.41. The minimum Gasteiger partial charge on any atom is -0.490 e. The number of aromatic nitrogens is 1. The van der Waals surface area contributed by atoms with Crippen molar-refractivity contribution in [1.82, 2.24) is 10.3 Å². The maximum atomic E-state index is 12.6. The Labute approximate surface area is 157 Å². The summed E-state index contributed by atoms with van der Waals surface area (Å²) >= 11 is 1.53. The minimum atomic E-state index is -0.158. The van der Waals surface area contributed by atoms with Crippen LogP contribution in [0.3, 0.4) is 0 Å². The van der Waals surface area contributed by atoms with Gasteiger partial charge in [-0.15, -0.1) is 11.3 Å². The Kier molecular flexibility index (Phi) is 5.73. The molecule has 3 aromatic rings. The molecule has 1 unspecified atom stereocenters. The number of hydrogen-bond acceptors (Lipinski definition) is 5. The largest absolute Gasteiger partial charge is 0.490 e. The van der Waals surface area contributed by atoms with E-state index in [0.29, 0.717) is 30.3 Å². The van der Waals surface area contributed by atoms with Crippen molar-refractivity contribution in [3.63, 3.8) is 0 Å². The molecule has 5 nitrogen and oxygen atoms in total. The first-order chi connectivity index (χ1) is 12.6. The summed E-state index contributed by atoms with van der Waals surface area (Å²) in [5.74, 6) is 1.30. The highest BCUT2D eigenvalue weighted by Gasteiger charge is 2.15. The van der Waals surface area contributed by atoms with E-state index in [-0.39, 0.29) is 11.9 Å². The summed E-state index contributed by atoms with van der Waals surface area (Å²) in [5.41, 5.74) is 4.28. The van der Waals surface area contributed by atoms with Crippen molar-refractivity contribution in [2.24, 2.45) is 0 Å². The molecule has 0 aliphatic heterocycles. The molecule has 0 saturated carbocycles. The second-order valence-electron chi connectivity index (χ2n) is 5.80. The lowest BCUT2D eigenvalue weighted by molar-refractivity contribution is 0.0940. The van der Waals surface area contributed by atoms with Gasteiger partial charge in [0.05, 0.1) is 35.0 Å². The Bertz CT molecular complexity index is 907. The third kappa shape index (κ3) is 3.96. The molecule has 0 aliphatic rings. The van der Waals surface area contributed by atoms with E-state index in [1.165, 1.54) is 11.3 Å². The highest BCUT2D eigenvalue weighted by Crippen LogP contribution is 2.31. The first-order valence-electron chi connectivity index (χ1n) is 8.66. The van der Waals surface area contributed by atoms with Crippen LogP contribution in [0.25, 0.3) is 10.2 Å². The molecule has 6 heteroatoms. The topological polar surface area (TPSA) is 60.5 Å². The minimum absolute atomic E-state index is 0.111. The Balaban J connectivity index is 1.76. The van der Waals surface area contributed by atoms with Crippen molar-refractivity contribution in [2.75, 3.05) is 13.2 Å². The molecular weight excluding hydrogens is 348 g/mol. The van der Waals surface area contributed by atoms with Crippen molar-refractivity contribution in [2.45, 2.75) is 26.8 Å². The van der Waals surface area contributed by atoms with Gasteiger partial charge in [0, 0.05) is 5.56 Å². The van der Waals surface area contributed by atoms with Crippen LogP contribution in [0.15, 0.2) is 41.9 Å². The molecule has 1 N–H and O–H groups in total. The second-order valence-corrected chi connectivity index (χ2v) is 6.69. The summed E-state index contributed by atoms with van der Waals surface area (Å²) in [7, 11) is 0. The smallest absolute Gasteiger partial charge is 0.251 e. The van der Waals surface area contributed by atoms with Crippen LogP contribution < -0.4 is 14.8 Å². The molecular formula is C20H22N2O3S. The highest BCUT2D eigenvalue weighted by molar-refractivity contribution is 7.16. The third-order valence-corrected chi connectivity index (χ3v) is 4.80. The standard InChI is InChI=1S/C20H22N2O3S/c1-4-24-17-9-7-14(10-18(17)25-5-2)13(3)22-20(23)15-6-8-16-19(11-15)26-12-21-16/h6-13H,4-5H2,1-3H3,(H,22,23). The highest BCUT2D eigenvalue weighted by atomic mass is 32.1. The number of carbonyl (C=O) groups is 1. The lowest BCUT2D eigenvalue weighted by atomic mass is 10.1. The van der Waals surface area contributed by atoms with Crippen LogP contribution in [0, 0.1) is 0 Å². The van der Waals surface area contributed by atoms with Crippen LogP contribution in [0.5, 0.6) is 11.5 Å². The summed E-state index contributed by atoms with van der Waals surface area (Å²) in [5, 5.41) is 3.04. The third-order valence-electron chi connectivity index (χ3n) is 4.01. The molecule has 1 amide bonds. The number of thiazole rings is 1. The summed E-state index contributed by atoms with van der Waals surface area (Å²) in [6.07, 6.45) is 0. The van der Waals surface area contributed by atoms with Crippen LogP contribution in [0.4, 0.5) is 0 Å². The second kappa shape index (κ2) is 8.19. The molecule has 1 heterocycles. The Morgan fingerprint density at radius 1 is 1.12 bits per heavy atom. The van der Waals surface area contributed by atoms with Crippen LogP contribution in [-0.4, -0.2) is 24.1 Å². The molecule has 0 bridgehead atoms. The molecule has 0 aliphatic carbocycles. The van der Waals surface area contributed by atoms with Gasteiger partial charge < -0.3 is 14.8 Å². The van der Waals surface area contributed by atoms with Crippen LogP contribution in [0.2, 0.25) is 0 Å². The molecule has 136 valence electrons. The molecule has 0 saturated heterocycles. The Hall–Kier alpha value is -2.60. The lowest BCUT2D eigenvalue weighted by Crippen LogP contribution is -2.26. The van der Waals surface area contributed by atoms with E-state index < -0.39 is 0 Å². The number of benzene rings is 2. The van der Waals surface area contributed by atoms with Crippen molar-refractivity contribution >= 4 is 27.5 Å². The van der Waals surface area contributed by atoms with Gasteiger partial charge in [-0.1, -0.05) is 6.07 Å². The summed E-state index contributed by atoms with van der Waals surface area (Å²) in [4.78, 5) is 16.8. The fourth-order valence-electron chi connectivity index (χ4n) is 2.70. The summed E-state index contributed by atoms with van der Waals surface area (Å²) in [6, 6.07) is 11.1. The number of nitrogens with one attached hydrogen (secondary N) is 1. The lowest BCUT2D eigenvalue weighted by Gasteiger charge is -2.17. The average molecular weight is 370 g/mol. The van der Waals surface area contributed by atoms with E-state index in [4.69, 9.17) is 9.47 Å². The maximum absolute atomic E-state index is 12.6. The normalized spacial score (nSPS) is 12.0. The summed E-state index contributed by atoms with van der Waals surface area (Å²) in [6.45, 7) is 6.95. The van der Waals surface area contributed by atoms with Gasteiger partial charge in [0.1, 0.15) is 0 Å². The van der Waals surface area contributed by atoms with Gasteiger partial charge >= 0.3 is 0 Å². The number of ether oxygens (including phenoxy) is 2. The number of hydrogen-bond donors (Lipinski definition) is 1. The van der Waals surface area contributed by atoms with Gasteiger partial charge in [0.15, 0.2) is 11.5 Å².